The van der Waals surface area contributed by atoms with E-state index in [1.807, 2.05) is 64.1 Å². The molecule has 0 aliphatic carbocycles. The molecule has 0 aliphatic heterocycles. The molecule has 3 aromatic carbocycles. The Labute approximate surface area is 253 Å². The SMILES string of the molecule is Cc1cccc(Cl)c1NC(=O)C(c1cccc(O)c1)N(C(=O)C(Cc1ccccc1)NC(=O)OC(C)(C)C)C(C)(C)C. The lowest BCUT2D eigenvalue weighted by Gasteiger charge is -2.43. The van der Waals surface area contributed by atoms with Gasteiger partial charge in [0.15, 0.2) is 0 Å². The zero-order valence-electron chi connectivity index (χ0n) is 25.2. The standard InChI is InChI=1S/C33H40ClN3O5/c1-21-13-11-18-25(34)27(21)36-29(39)28(23-16-12-17-24(38)20-23)37(32(2,3)4)30(40)26(19-22-14-9-8-10-15-22)35-31(41)42-33(5,6)7/h8-18,20,26,28,38H,19H2,1-7H3,(H,35,41)(H,36,39). The summed E-state index contributed by atoms with van der Waals surface area (Å²) < 4.78 is 5.49. The van der Waals surface area contributed by atoms with Crippen molar-refractivity contribution in [2.45, 2.75) is 78.1 Å². The summed E-state index contributed by atoms with van der Waals surface area (Å²) in [4.78, 5) is 43.1. The van der Waals surface area contributed by atoms with Crippen molar-refractivity contribution in [3.05, 3.63) is 94.5 Å². The number of ether oxygens (including phenoxy) is 1. The molecule has 0 saturated carbocycles. The number of nitrogens with zero attached hydrogens (tertiary/aromatic N) is 1. The van der Waals surface area contributed by atoms with E-state index in [0.717, 1.165) is 11.1 Å². The van der Waals surface area contributed by atoms with Crippen LogP contribution in [0.25, 0.3) is 0 Å². The highest BCUT2D eigenvalue weighted by atomic mass is 35.5. The highest BCUT2D eigenvalue weighted by molar-refractivity contribution is 6.34. The van der Waals surface area contributed by atoms with Crippen molar-refractivity contribution in [1.29, 1.82) is 0 Å². The smallest absolute Gasteiger partial charge is 0.408 e. The van der Waals surface area contributed by atoms with Gasteiger partial charge in [0.1, 0.15) is 23.4 Å². The van der Waals surface area contributed by atoms with Crippen molar-refractivity contribution in [2.75, 3.05) is 5.32 Å². The summed E-state index contributed by atoms with van der Waals surface area (Å²) in [5, 5.41) is 16.3. The van der Waals surface area contributed by atoms with E-state index >= 15 is 0 Å². The number of hydrogen-bond acceptors (Lipinski definition) is 5. The Bertz CT molecular complexity index is 1390. The number of phenolic OH excluding ortho intramolecular Hbond substituents is 1. The first-order chi connectivity index (χ1) is 19.6. The van der Waals surface area contributed by atoms with E-state index in [1.54, 1.807) is 45.0 Å². The Morgan fingerprint density at radius 2 is 1.57 bits per heavy atom. The van der Waals surface area contributed by atoms with Gasteiger partial charge in [0, 0.05) is 12.0 Å². The molecular weight excluding hydrogens is 554 g/mol. The van der Waals surface area contributed by atoms with Gasteiger partial charge in [-0.1, -0.05) is 66.2 Å². The van der Waals surface area contributed by atoms with Crippen molar-refractivity contribution in [1.82, 2.24) is 10.2 Å². The maximum absolute atomic E-state index is 14.6. The molecule has 9 heteroatoms. The lowest BCUT2D eigenvalue weighted by molar-refractivity contribution is -0.146. The van der Waals surface area contributed by atoms with Crippen LogP contribution in [-0.4, -0.2) is 45.1 Å². The highest BCUT2D eigenvalue weighted by Crippen LogP contribution is 2.34. The number of carbonyl (C=O) groups is 3. The van der Waals surface area contributed by atoms with Crippen molar-refractivity contribution in [2.24, 2.45) is 0 Å². The molecule has 42 heavy (non-hydrogen) atoms. The molecule has 2 atom stereocenters. The Morgan fingerprint density at radius 3 is 2.14 bits per heavy atom. The molecule has 0 fully saturated rings. The number of anilines is 1. The minimum absolute atomic E-state index is 0.0618. The minimum atomic E-state index is -1.20. The van der Waals surface area contributed by atoms with Crippen LogP contribution < -0.4 is 10.6 Å². The first kappa shape index (κ1) is 32.5. The molecule has 0 aliphatic rings. The second-order valence-corrected chi connectivity index (χ2v) is 12.6. The number of hydrogen-bond donors (Lipinski definition) is 3. The fourth-order valence-corrected chi connectivity index (χ4v) is 4.88. The van der Waals surface area contributed by atoms with Gasteiger partial charge in [-0.3, -0.25) is 9.59 Å². The molecule has 0 spiro atoms. The second-order valence-electron chi connectivity index (χ2n) is 12.2. The number of para-hydroxylation sites is 1. The first-order valence-corrected chi connectivity index (χ1v) is 14.2. The lowest BCUT2D eigenvalue weighted by Crippen LogP contribution is -2.58. The quantitative estimate of drug-likeness (QED) is 0.266. The maximum Gasteiger partial charge on any atom is 0.408 e. The third kappa shape index (κ3) is 8.73. The van der Waals surface area contributed by atoms with Gasteiger partial charge in [-0.15, -0.1) is 0 Å². The number of alkyl carbamates (subject to hydrolysis) is 1. The van der Waals surface area contributed by atoms with Gasteiger partial charge >= 0.3 is 6.09 Å². The van der Waals surface area contributed by atoms with E-state index in [1.165, 1.54) is 17.0 Å². The molecule has 0 radical (unpaired) electrons. The Balaban J connectivity index is 2.13. The van der Waals surface area contributed by atoms with Gasteiger partial charge in [0.25, 0.3) is 5.91 Å². The van der Waals surface area contributed by atoms with Crippen LogP contribution in [0.3, 0.4) is 0 Å². The van der Waals surface area contributed by atoms with Gasteiger partial charge in [-0.2, -0.15) is 0 Å². The predicted molar refractivity (Wildman–Crippen MR) is 166 cm³/mol. The van der Waals surface area contributed by atoms with Crippen LogP contribution in [-0.2, 0) is 20.7 Å². The molecule has 3 amide bonds. The summed E-state index contributed by atoms with van der Waals surface area (Å²) in [5.74, 6) is -1.10. The molecule has 224 valence electrons. The van der Waals surface area contributed by atoms with Gasteiger partial charge < -0.3 is 25.4 Å². The Kier molecular flexibility index (Phi) is 10.3. The van der Waals surface area contributed by atoms with Crippen LogP contribution in [0.1, 0.15) is 64.3 Å². The van der Waals surface area contributed by atoms with Crippen LogP contribution in [0.15, 0.2) is 72.8 Å². The Morgan fingerprint density at radius 1 is 0.929 bits per heavy atom. The van der Waals surface area contributed by atoms with Gasteiger partial charge in [0.05, 0.1) is 10.7 Å². The molecule has 3 N–H and O–H groups in total. The zero-order valence-corrected chi connectivity index (χ0v) is 26.0. The fourth-order valence-electron chi connectivity index (χ4n) is 4.61. The predicted octanol–water partition coefficient (Wildman–Crippen LogP) is 6.80. The molecule has 2 unspecified atom stereocenters. The number of amides is 3. The van der Waals surface area contributed by atoms with Crippen LogP contribution in [0, 0.1) is 6.92 Å². The number of aromatic hydroxyl groups is 1. The molecule has 0 aromatic heterocycles. The van der Waals surface area contributed by atoms with Crippen molar-refractivity contribution >= 4 is 35.2 Å². The van der Waals surface area contributed by atoms with E-state index in [9.17, 15) is 19.5 Å². The third-order valence-electron chi connectivity index (χ3n) is 6.39. The van der Waals surface area contributed by atoms with Crippen LogP contribution in [0.2, 0.25) is 5.02 Å². The van der Waals surface area contributed by atoms with Gasteiger partial charge in [-0.25, -0.2) is 4.79 Å². The summed E-state index contributed by atoms with van der Waals surface area (Å²) in [6.07, 6.45) is -0.598. The number of carbonyl (C=O) groups excluding carboxylic acids is 3. The maximum atomic E-state index is 14.6. The largest absolute Gasteiger partial charge is 0.508 e. The topological polar surface area (TPSA) is 108 Å². The molecule has 3 aromatic rings. The molecule has 0 saturated heterocycles. The number of nitrogens with one attached hydrogen (secondary N) is 2. The van der Waals surface area contributed by atoms with E-state index in [-0.39, 0.29) is 12.2 Å². The summed E-state index contributed by atoms with van der Waals surface area (Å²) in [6, 6.07) is 18.5. The summed E-state index contributed by atoms with van der Waals surface area (Å²) in [7, 11) is 0. The van der Waals surface area contributed by atoms with Crippen LogP contribution in [0.5, 0.6) is 5.75 Å². The summed E-state index contributed by atoms with van der Waals surface area (Å²) in [6.45, 7) is 12.5. The monoisotopic (exact) mass is 593 g/mol. The van der Waals surface area contributed by atoms with Crippen molar-refractivity contribution < 1.29 is 24.2 Å². The molecule has 3 rings (SSSR count). The molecule has 8 nitrogen and oxygen atoms in total. The average molecular weight is 594 g/mol. The summed E-state index contributed by atoms with van der Waals surface area (Å²) in [5.41, 5.74) is 0.660. The summed E-state index contributed by atoms with van der Waals surface area (Å²) >= 11 is 6.44. The van der Waals surface area contributed by atoms with Crippen LogP contribution >= 0.6 is 11.6 Å². The van der Waals surface area contributed by atoms with Crippen molar-refractivity contribution in [3.8, 4) is 5.75 Å². The number of aryl methyl sites for hydroxylation is 1. The van der Waals surface area contributed by atoms with Crippen LogP contribution in [0.4, 0.5) is 10.5 Å². The highest BCUT2D eigenvalue weighted by Gasteiger charge is 2.42. The van der Waals surface area contributed by atoms with E-state index in [0.29, 0.717) is 16.3 Å². The molecular formula is C33H40ClN3O5. The Hall–Kier alpha value is -4.04. The molecule has 0 bridgehead atoms. The fraction of sp³-hybridized carbons (Fsp3) is 0.364. The zero-order chi connectivity index (χ0) is 31.2. The van der Waals surface area contributed by atoms with E-state index in [4.69, 9.17) is 16.3 Å². The van der Waals surface area contributed by atoms with Gasteiger partial charge in [0.2, 0.25) is 5.91 Å². The number of benzene rings is 3. The first-order valence-electron chi connectivity index (χ1n) is 13.8. The number of halogens is 1. The lowest BCUT2D eigenvalue weighted by atomic mass is 9.94. The average Bonchev–Trinajstić information content (AvgIpc) is 2.87. The van der Waals surface area contributed by atoms with Crippen molar-refractivity contribution in [3.63, 3.8) is 0 Å². The van der Waals surface area contributed by atoms with Gasteiger partial charge in [-0.05, 0) is 83.4 Å². The van der Waals surface area contributed by atoms with E-state index in [2.05, 4.69) is 10.6 Å². The third-order valence-corrected chi connectivity index (χ3v) is 6.71. The van der Waals surface area contributed by atoms with E-state index < -0.39 is 41.1 Å². The normalized spacial score (nSPS) is 13.0. The molecule has 0 heterocycles. The number of rotatable bonds is 8. The number of phenols is 1. The second kappa shape index (κ2) is 13.3. The minimum Gasteiger partial charge on any atom is -0.508 e.